The van der Waals surface area contributed by atoms with Crippen LogP contribution >= 0.6 is 0 Å². The second kappa shape index (κ2) is 7.13. The molecule has 1 saturated heterocycles. The van der Waals surface area contributed by atoms with Gasteiger partial charge in [-0.15, -0.1) is 0 Å². The Morgan fingerprint density at radius 1 is 1.27 bits per heavy atom. The molecular weight excluding hydrogens is 328 g/mol. The number of urea groups is 1. The first-order valence-electron chi connectivity index (χ1n) is 8.81. The lowest BCUT2D eigenvalue weighted by Gasteiger charge is -2.36. The first kappa shape index (κ1) is 16.5. The molecule has 0 radical (unpaired) electrons. The number of carbonyl (C=O) groups is 1. The number of nitrogens with one attached hydrogen (secondary N) is 3. The Morgan fingerprint density at radius 3 is 2.96 bits per heavy atom. The van der Waals surface area contributed by atoms with Crippen molar-refractivity contribution in [3.63, 3.8) is 0 Å². The molecule has 1 fully saturated rings. The van der Waals surface area contributed by atoms with Gasteiger partial charge >= 0.3 is 6.03 Å². The topological polar surface area (TPSA) is 85.9 Å². The summed E-state index contributed by atoms with van der Waals surface area (Å²) >= 11 is 0. The predicted molar refractivity (Wildman–Crippen MR) is 101 cm³/mol. The van der Waals surface area contributed by atoms with Crippen LogP contribution in [0.1, 0.15) is 24.7 Å². The summed E-state index contributed by atoms with van der Waals surface area (Å²) in [6.07, 6.45) is 5.04. The quantitative estimate of drug-likeness (QED) is 0.678. The maximum atomic E-state index is 12.3. The van der Waals surface area contributed by atoms with Gasteiger partial charge in [-0.1, -0.05) is 12.1 Å². The molecule has 0 saturated carbocycles. The number of piperidine rings is 1. The molecule has 4 rings (SSSR count). The number of aromatic amines is 1. The number of para-hydroxylation sites is 2. The minimum atomic E-state index is -0.198. The number of pyridine rings is 1. The number of benzene rings is 1. The number of carbonyl (C=O) groups excluding carboxylic acids is 1. The Hall–Kier alpha value is -2.93. The zero-order valence-electron chi connectivity index (χ0n) is 14.6. The largest absolute Gasteiger partial charge is 0.341 e. The highest BCUT2D eigenvalue weighted by Crippen LogP contribution is 2.29. The first-order chi connectivity index (χ1) is 12.7. The van der Waals surface area contributed by atoms with Gasteiger partial charge < -0.3 is 15.6 Å². The summed E-state index contributed by atoms with van der Waals surface area (Å²) in [6, 6.07) is 11.7. The van der Waals surface area contributed by atoms with Crippen LogP contribution in [0.3, 0.4) is 0 Å². The molecule has 0 aliphatic carbocycles. The Labute approximate surface area is 151 Å². The Bertz CT molecular complexity index is 860. The van der Waals surface area contributed by atoms with Crippen LogP contribution < -0.4 is 10.6 Å². The van der Waals surface area contributed by atoms with Crippen molar-refractivity contribution in [3.05, 3.63) is 54.6 Å². The molecule has 7 nitrogen and oxygen atoms in total. The Morgan fingerprint density at radius 2 is 2.15 bits per heavy atom. The predicted octanol–water partition coefficient (Wildman–Crippen LogP) is 2.91. The highest BCUT2D eigenvalue weighted by molar-refractivity contribution is 5.89. The van der Waals surface area contributed by atoms with E-state index in [-0.39, 0.29) is 18.1 Å². The molecular formula is C19H22N6O. The van der Waals surface area contributed by atoms with Gasteiger partial charge in [0, 0.05) is 18.8 Å². The SMILES string of the molecule is CN1CC[C@@H](NC(=O)Nc2cccnc2)C[C@@H]1c1nc2ccccc2[nH]1. The summed E-state index contributed by atoms with van der Waals surface area (Å²) in [6.45, 7) is 0.902. The normalized spacial score (nSPS) is 20.8. The molecule has 1 aromatic carbocycles. The third kappa shape index (κ3) is 3.52. The summed E-state index contributed by atoms with van der Waals surface area (Å²) in [7, 11) is 2.10. The molecule has 134 valence electrons. The number of hydrogen-bond donors (Lipinski definition) is 3. The lowest BCUT2D eigenvalue weighted by atomic mass is 9.97. The fourth-order valence-corrected chi connectivity index (χ4v) is 3.45. The molecule has 0 unspecified atom stereocenters. The number of anilines is 1. The number of rotatable bonds is 3. The van der Waals surface area contributed by atoms with Gasteiger partial charge in [-0.05, 0) is 44.2 Å². The molecule has 2 aromatic heterocycles. The summed E-state index contributed by atoms with van der Waals surface area (Å²) in [5, 5.41) is 5.90. The van der Waals surface area contributed by atoms with E-state index in [9.17, 15) is 4.79 Å². The van der Waals surface area contributed by atoms with Gasteiger partial charge in [0.1, 0.15) is 5.82 Å². The average Bonchev–Trinajstić information content (AvgIpc) is 3.08. The molecule has 1 aliphatic rings. The molecule has 26 heavy (non-hydrogen) atoms. The van der Waals surface area contributed by atoms with Crippen LogP contribution in [0.5, 0.6) is 0 Å². The monoisotopic (exact) mass is 350 g/mol. The third-order valence-corrected chi connectivity index (χ3v) is 4.85. The molecule has 0 bridgehead atoms. The van der Waals surface area contributed by atoms with E-state index in [0.29, 0.717) is 5.69 Å². The third-order valence-electron chi connectivity index (χ3n) is 4.85. The van der Waals surface area contributed by atoms with E-state index >= 15 is 0 Å². The Kier molecular flexibility index (Phi) is 4.53. The lowest BCUT2D eigenvalue weighted by Crippen LogP contribution is -2.46. The first-order valence-corrected chi connectivity index (χ1v) is 8.81. The standard InChI is InChI=1S/C19H22N6O/c1-25-10-8-13(21-19(26)22-14-5-4-9-20-12-14)11-17(25)18-23-15-6-2-3-7-16(15)24-18/h2-7,9,12-13,17H,8,10-11H2,1H3,(H,23,24)(H2,21,22,26)/t13-,17-/m1/s1. The summed E-state index contributed by atoms with van der Waals surface area (Å²) < 4.78 is 0. The molecule has 2 amide bonds. The van der Waals surface area contributed by atoms with Crippen LogP contribution in [0, 0.1) is 0 Å². The smallest absolute Gasteiger partial charge is 0.319 e. The summed E-state index contributed by atoms with van der Waals surface area (Å²) in [5.74, 6) is 0.952. The maximum Gasteiger partial charge on any atom is 0.319 e. The number of H-pyrrole nitrogens is 1. The molecule has 7 heteroatoms. The van der Waals surface area contributed by atoms with E-state index in [0.717, 1.165) is 36.2 Å². The minimum Gasteiger partial charge on any atom is -0.341 e. The summed E-state index contributed by atoms with van der Waals surface area (Å²) in [5.41, 5.74) is 2.70. The van der Waals surface area contributed by atoms with Crippen LogP contribution in [-0.2, 0) is 0 Å². The van der Waals surface area contributed by atoms with Crippen LogP contribution in [0.15, 0.2) is 48.8 Å². The van der Waals surface area contributed by atoms with E-state index in [1.807, 2.05) is 30.3 Å². The van der Waals surface area contributed by atoms with E-state index in [4.69, 9.17) is 4.98 Å². The second-order valence-corrected chi connectivity index (χ2v) is 6.70. The van der Waals surface area contributed by atoms with Gasteiger partial charge in [0.05, 0.1) is 29.0 Å². The van der Waals surface area contributed by atoms with Gasteiger partial charge in [0.25, 0.3) is 0 Å². The van der Waals surface area contributed by atoms with Crippen molar-refractivity contribution >= 4 is 22.8 Å². The van der Waals surface area contributed by atoms with Crippen LogP contribution in [0.4, 0.5) is 10.5 Å². The minimum absolute atomic E-state index is 0.0982. The van der Waals surface area contributed by atoms with Crippen molar-refractivity contribution in [1.29, 1.82) is 0 Å². The van der Waals surface area contributed by atoms with Crippen molar-refractivity contribution in [2.45, 2.75) is 24.9 Å². The van der Waals surface area contributed by atoms with E-state index in [2.05, 4.69) is 32.5 Å². The molecule has 3 aromatic rings. The zero-order valence-corrected chi connectivity index (χ0v) is 14.6. The highest BCUT2D eigenvalue weighted by Gasteiger charge is 2.30. The molecule has 3 heterocycles. The molecule has 0 spiro atoms. The van der Waals surface area contributed by atoms with Gasteiger partial charge in [-0.3, -0.25) is 9.88 Å². The highest BCUT2D eigenvalue weighted by atomic mass is 16.2. The van der Waals surface area contributed by atoms with Crippen molar-refractivity contribution in [2.24, 2.45) is 0 Å². The van der Waals surface area contributed by atoms with Crippen molar-refractivity contribution in [2.75, 3.05) is 18.9 Å². The van der Waals surface area contributed by atoms with E-state index in [1.54, 1.807) is 18.5 Å². The van der Waals surface area contributed by atoms with Gasteiger partial charge in [-0.2, -0.15) is 0 Å². The molecule has 1 aliphatic heterocycles. The van der Waals surface area contributed by atoms with Gasteiger partial charge in [0.15, 0.2) is 0 Å². The fraction of sp³-hybridized carbons (Fsp3) is 0.316. The van der Waals surface area contributed by atoms with Crippen molar-refractivity contribution in [1.82, 2.24) is 25.2 Å². The summed E-state index contributed by atoms with van der Waals surface area (Å²) in [4.78, 5) is 26.7. The number of likely N-dealkylation sites (tertiary alicyclic amines) is 1. The van der Waals surface area contributed by atoms with Crippen LogP contribution in [0.2, 0.25) is 0 Å². The van der Waals surface area contributed by atoms with Crippen LogP contribution in [-0.4, -0.2) is 45.5 Å². The second-order valence-electron chi connectivity index (χ2n) is 6.70. The number of amides is 2. The Balaban J connectivity index is 1.43. The van der Waals surface area contributed by atoms with Crippen molar-refractivity contribution < 1.29 is 4.79 Å². The number of fused-ring (bicyclic) bond motifs is 1. The number of hydrogen-bond acceptors (Lipinski definition) is 4. The average molecular weight is 350 g/mol. The number of nitrogens with zero attached hydrogens (tertiary/aromatic N) is 3. The van der Waals surface area contributed by atoms with E-state index < -0.39 is 0 Å². The number of aromatic nitrogens is 3. The maximum absolute atomic E-state index is 12.3. The van der Waals surface area contributed by atoms with Gasteiger partial charge in [-0.25, -0.2) is 9.78 Å². The molecule has 3 N–H and O–H groups in total. The molecule has 2 atom stereocenters. The van der Waals surface area contributed by atoms with Crippen molar-refractivity contribution in [3.8, 4) is 0 Å². The number of imidazole rings is 1. The van der Waals surface area contributed by atoms with E-state index in [1.165, 1.54) is 0 Å². The fourth-order valence-electron chi connectivity index (χ4n) is 3.45. The zero-order chi connectivity index (χ0) is 17.9. The lowest BCUT2D eigenvalue weighted by molar-refractivity contribution is 0.153. The van der Waals surface area contributed by atoms with Crippen LogP contribution in [0.25, 0.3) is 11.0 Å². The van der Waals surface area contributed by atoms with Gasteiger partial charge in [0.2, 0.25) is 0 Å².